The molecule has 1 amide bonds. The Morgan fingerprint density at radius 3 is 2.40 bits per heavy atom. The van der Waals surface area contributed by atoms with Crippen molar-refractivity contribution in [2.45, 2.75) is 25.3 Å². The highest BCUT2D eigenvalue weighted by molar-refractivity contribution is 9.11. The molecular formula is C14H15Br2NO3. The number of carbonyl (C=O) groups excluding carboxylic acids is 1. The van der Waals surface area contributed by atoms with Gasteiger partial charge in [-0.25, -0.2) is 4.79 Å². The number of carboxylic acid groups (broad SMARTS) is 1. The lowest BCUT2D eigenvalue weighted by Gasteiger charge is -2.14. The van der Waals surface area contributed by atoms with Crippen LogP contribution >= 0.6 is 31.9 Å². The predicted octanol–water partition coefficient (Wildman–Crippen LogP) is 3.75. The van der Waals surface area contributed by atoms with E-state index in [2.05, 4.69) is 43.8 Å². The van der Waals surface area contributed by atoms with E-state index in [-0.39, 0.29) is 0 Å². The summed E-state index contributed by atoms with van der Waals surface area (Å²) in [6, 6.07) is 4.20. The van der Waals surface area contributed by atoms with Gasteiger partial charge in [0.15, 0.2) is 0 Å². The van der Waals surface area contributed by atoms with E-state index in [1.807, 2.05) is 0 Å². The van der Waals surface area contributed by atoms with Crippen LogP contribution in [0, 0.1) is 0 Å². The second kappa shape index (κ2) is 8.21. The highest BCUT2D eigenvalue weighted by atomic mass is 79.9. The van der Waals surface area contributed by atoms with E-state index in [4.69, 9.17) is 5.11 Å². The molecule has 0 spiro atoms. The van der Waals surface area contributed by atoms with E-state index in [1.54, 1.807) is 24.3 Å². The highest BCUT2D eigenvalue weighted by Crippen LogP contribution is 2.20. The van der Waals surface area contributed by atoms with Crippen LogP contribution in [0.4, 0.5) is 0 Å². The van der Waals surface area contributed by atoms with E-state index >= 15 is 0 Å². The first-order chi connectivity index (χ1) is 9.43. The summed E-state index contributed by atoms with van der Waals surface area (Å²) in [5, 5.41) is 11.7. The Kier molecular flexibility index (Phi) is 6.95. The summed E-state index contributed by atoms with van der Waals surface area (Å²) in [6.07, 6.45) is 3.50. The molecule has 1 aromatic rings. The molecule has 1 aromatic carbocycles. The van der Waals surface area contributed by atoms with Gasteiger partial charge >= 0.3 is 5.97 Å². The number of benzene rings is 1. The number of rotatable bonds is 7. The fourth-order valence-electron chi connectivity index (χ4n) is 1.65. The standard InChI is InChI=1S/C14H15Br2NO3/c1-2-3-4-5-12(14(19)20)17-13(18)9-6-10(15)8-11(16)7-9/h2,6-8,12H,1,3-5H2,(H,17,18)(H,19,20)/t12-/m0/s1. The quantitative estimate of drug-likeness (QED) is 0.537. The average molecular weight is 405 g/mol. The molecule has 108 valence electrons. The first-order valence-corrected chi connectivity index (χ1v) is 7.63. The Morgan fingerprint density at radius 1 is 1.30 bits per heavy atom. The van der Waals surface area contributed by atoms with Crippen molar-refractivity contribution in [3.63, 3.8) is 0 Å². The third kappa shape index (κ3) is 5.46. The summed E-state index contributed by atoms with van der Waals surface area (Å²) >= 11 is 6.58. The number of amides is 1. The van der Waals surface area contributed by atoms with Crippen molar-refractivity contribution < 1.29 is 14.7 Å². The first-order valence-electron chi connectivity index (χ1n) is 6.04. The molecule has 0 bridgehead atoms. The summed E-state index contributed by atoms with van der Waals surface area (Å²) in [5.74, 6) is -1.44. The zero-order valence-corrected chi connectivity index (χ0v) is 13.9. The minimum absolute atomic E-state index is 0.377. The van der Waals surface area contributed by atoms with Gasteiger partial charge in [0.05, 0.1) is 0 Å². The second-order valence-corrected chi connectivity index (χ2v) is 6.07. The molecule has 1 rings (SSSR count). The fraction of sp³-hybridized carbons (Fsp3) is 0.286. The molecule has 0 fully saturated rings. The Hall–Kier alpha value is -1.14. The van der Waals surface area contributed by atoms with Crippen LogP contribution in [0.1, 0.15) is 29.6 Å². The monoisotopic (exact) mass is 403 g/mol. The summed E-state index contributed by atoms with van der Waals surface area (Å²) in [5.41, 5.74) is 0.404. The topological polar surface area (TPSA) is 66.4 Å². The van der Waals surface area contributed by atoms with Gasteiger partial charge in [0, 0.05) is 14.5 Å². The van der Waals surface area contributed by atoms with E-state index in [9.17, 15) is 9.59 Å². The molecule has 0 aliphatic carbocycles. The number of nitrogens with one attached hydrogen (secondary N) is 1. The van der Waals surface area contributed by atoms with Crippen LogP contribution in [0.5, 0.6) is 0 Å². The van der Waals surface area contributed by atoms with Crippen LogP contribution in [0.3, 0.4) is 0 Å². The van der Waals surface area contributed by atoms with E-state index in [0.29, 0.717) is 18.4 Å². The highest BCUT2D eigenvalue weighted by Gasteiger charge is 2.20. The average Bonchev–Trinajstić information content (AvgIpc) is 2.36. The Balaban J connectivity index is 2.74. The zero-order valence-electron chi connectivity index (χ0n) is 10.7. The summed E-state index contributed by atoms with van der Waals surface area (Å²) < 4.78 is 1.49. The number of unbranched alkanes of at least 4 members (excludes halogenated alkanes) is 1. The smallest absolute Gasteiger partial charge is 0.326 e. The SMILES string of the molecule is C=CCCC[C@H](NC(=O)c1cc(Br)cc(Br)c1)C(=O)O. The number of halogens is 2. The molecule has 0 radical (unpaired) electrons. The Labute approximate surface area is 134 Å². The summed E-state index contributed by atoms with van der Waals surface area (Å²) in [6.45, 7) is 3.59. The number of allylic oxidation sites excluding steroid dienone is 1. The molecule has 0 aliphatic heterocycles. The zero-order chi connectivity index (χ0) is 15.1. The molecular weight excluding hydrogens is 390 g/mol. The van der Waals surface area contributed by atoms with Crippen LogP contribution in [-0.4, -0.2) is 23.0 Å². The van der Waals surface area contributed by atoms with Gasteiger partial charge in [0.1, 0.15) is 6.04 Å². The molecule has 2 N–H and O–H groups in total. The lowest BCUT2D eigenvalue weighted by Crippen LogP contribution is -2.40. The maximum atomic E-state index is 12.1. The largest absolute Gasteiger partial charge is 0.480 e. The Morgan fingerprint density at radius 2 is 1.90 bits per heavy atom. The molecule has 1 atom stereocenters. The number of aliphatic carboxylic acids is 1. The van der Waals surface area contributed by atoms with Gasteiger partial charge in [-0.05, 0) is 37.5 Å². The van der Waals surface area contributed by atoms with Crippen LogP contribution in [-0.2, 0) is 4.79 Å². The molecule has 20 heavy (non-hydrogen) atoms. The third-order valence-corrected chi connectivity index (χ3v) is 3.54. The third-order valence-electron chi connectivity index (χ3n) is 2.63. The van der Waals surface area contributed by atoms with Crippen molar-refractivity contribution in [1.29, 1.82) is 0 Å². The second-order valence-electron chi connectivity index (χ2n) is 4.24. The molecule has 6 heteroatoms. The van der Waals surface area contributed by atoms with Crippen molar-refractivity contribution in [2.24, 2.45) is 0 Å². The summed E-state index contributed by atoms with van der Waals surface area (Å²) in [7, 11) is 0. The maximum Gasteiger partial charge on any atom is 0.326 e. The first kappa shape index (κ1) is 16.9. The number of carboxylic acids is 1. The fourth-order valence-corrected chi connectivity index (χ4v) is 2.94. The van der Waals surface area contributed by atoms with Gasteiger partial charge in [-0.1, -0.05) is 37.9 Å². The van der Waals surface area contributed by atoms with Crippen molar-refractivity contribution >= 4 is 43.7 Å². The van der Waals surface area contributed by atoms with Gasteiger partial charge < -0.3 is 10.4 Å². The molecule has 0 heterocycles. The number of hydrogen-bond donors (Lipinski definition) is 2. The molecule has 0 unspecified atom stereocenters. The molecule has 0 aromatic heterocycles. The van der Waals surface area contributed by atoms with Gasteiger partial charge in [-0.2, -0.15) is 0 Å². The number of carbonyl (C=O) groups is 2. The predicted molar refractivity (Wildman–Crippen MR) is 84.8 cm³/mol. The van der Waals surface area contributed by atoms with Crippen molar-refractivity contribution in [2.75, 3.05) is 0 Å². The van der Waals surface area contributed by atoms with E-state index in [0.717, 1.165) is 15.4 Å². The van der Waals surface area contributed by atoms with Gasteiger partial charge in [0.25, 0.3) is 5.91 Å². The van der Waals surface area contributed by atoms with Crippen molar-refractivity contribution in [3.8, 4) is 0 Å². The minimum atomic E-state index is -1.03. The summed E-state index contributed by atoms with van der Waals surface area (Å²) in [4.78, 5) is 23.2. The molecule has 4 nitrogen and oxygen atoms in total. The minimum Gasteiger partial charge on any atom is -0.480 e. The lowest BCUT2D eigenvalue weighted by molar-refractivity contribution is -0.139. The molecule has 0 saturated carbocycles. The van der Waals surface area contributed by atoms with Crippen LogP contribution in [0.2, 0.25) is 0 Å². The van der Waals surface area contributed by atoms with E-state index in [1.165, 1.54) is 0 Å². The molecule has 0 aliphatic rings. The lowest BCUT2D eigenvalue weighted by atomic mass is 10.1. The molecule has 0 saturated heterocycles. The van der Waals surface area contributed by atoms with Gasteiger partial charge in [0.2, 0.25) is 0 Å². The van der Waals surface area contributed by atoms with E-state index < -0.39 is 17.9 Å². The van der Waals surface area contributed by atoms with Crippen LogP contribution in [0.25, 0.3) is 0 Å². The maximum absolute atomic E-state index is 12.1. The van der Waals surface area contributed by atoms with Gasteiger partial charge in [-0.3, -0.25) is 4.79 Å². The number of hydrogen-bond acceptors (Lipinski definition) is 2. The normalized spacial score (nSPS) is 11.7. The van der Waals surface area contributed by atoms with Crippen molar-refractivity contribution in [1.82, 2.24) is 5.32 Å². The Bertz CT molecular complexity index is 497. The van der Waals surface area contributed by atoms with Gasteiger partial charge in [-0.15, -0.1) is 6.58 Å². The van der Waals surface area contributed by atoms with Crippen LogP contribution in [0.15, 0.2) is 39.8 Å². The van der Waals surface area contributed by atoms with Crippen molar-refractivity contribution in [3.05, 3.63) is 45.4 Å². The van der Waals surface area contributed by atoms with Crippen LogP contribution < -0.4 is 5.32 Å².